The van der Waals surface area contributed by atoms with Crippen LogP contribution in [0, 0.1) is 6.92 Å². The molecule has 2 saturated heterocycles. The van der Waals surface area contributed by atoms with E-state index in [1.807, 2.05) is 13.1 Å². The Balaban J connectivity index is 1.33. The number of nitrogens with one attached hydrogen (secondary N) is 1. The molecule has 0 atom stereocenters. The summed E-state index contributed by atoms with van der Waals surface area (Å²) in [5.74, 6) is 1.08. The minimum absolute atomic E-state index is 0.146. The number of hydrogen-bond acceptors (Lipinski definition) is 4. The van der Waals surface area contributed by atoms with Crippen LogP contribution in [0.1, 0.15) is 55.3 Å². The molecular weight excluding hydrogens is 412 g/mol. The summed E-state index contributed by atoms with van der Waals surface area (Å²) in [6, 6.07) is 11.1. The van der Waals surface area contributed by atoms with Crippen molar-refractivity contribution in [3.05, 3.63) is 53.3 Å². The highest BCUT2D eigenvalue weighted by atomic mass is 16.3. The number of nitrogens with zero attached hydrogens (tertiary/aromatic N) is 3. The lowest BCUT2D eigenvalue weighted by atomic mass is 9.87. The summed E-state index contributed by atoms with van der Waals surface area (Å²) in [5.41, 5.74) is 7.38. The van der Waals surface area contributed by atoms with Crippen molar-refractivity contribution >= 4 is 16.8 Å². The first-order valence-electron chi connectivity index (χ1n) is 12.2. The highest BCUT2D eigenvalue weighted by molar-refractivity contribution is 5.92. The van der Waals surface area contributed by atoms with Crippen LogP contribution in [0.15, 0.2) is 36.5 Å². The van der Waals surface area contributed by atoms with Gasteiger partial charge < -0.3 is 15.0 Å². The van der Waals surface area contributed by atoms with Crippen molar-refractivity contribution in [3.8, 4) is 11.3 Å². The second kappa shape index (κ2) is 8.92. The molecule has 6 heteroatoms. The molecule has 2 aliphatic heterocycles. The molecule has 2 aliphatic rings. The van der Waals surface area contributed by atoms with E-state index in [2.05, 4.69) is 59.0 Å². The number of benzene rings is 1. The van der Waals surface area contributed by atoms with Crippen molar-refractivity contribution in [3.63, 3.8) is 0 Å². The van der Waals surface area contributed by atoms with Gasteiger partial charge in [0.05, 0.1) is 18.3 Å². The maximum atomic E-state index is 12.3. The first kappa shape index (κ1) is 22.1. The lowest BCUT2D eigenvalue weighted by Gasteiger charge is -2.38. The topological polar surface area (TPSA) is 72.5 Å². The highest BCUT2D eigenvalue weighted by Gasteiger charge is 2.31. The number of aromatic nitrogens is 2. The second-order valence-electron chi connectivity index (χ2n) is 10.1. The Morgan fingerprint density at radius 1 is 1.18 bits per heavy atom. The molecule has 2 N–H and O–H groups in total. The summed E-state index contributed by atoms with van der Waals surface area (Å²) in [7, 11) is 0. The lowest BCUT2D eigenvalue weighted by Crippen LogP contribution is -2.56. The number of aliphatic hydroxyl groups excluding tert-OH is 1. The van der Waals surface area contributed by atoms with Gasteiger partial charge in [-0.2, -0.15) is 0 Å². The van der Waals surface area contributed by atoms with Crippen molar-refractivity contribution in [1.82, 2.24) is 19.8 Å². The van der Waals surface area contributed by atoms with Crippen molar-refractivity contribution in [2.45, 2.75) is 51.6 Å². The summed E-state index contributed by atoms with van der Waals surface area (Å²) >= 11 is 0. The zero-order valence-corrected chi connectivity index (χ0v) is 19.8. The van der Waals surface area contributed by atoms with Crippen LogP contribution in [-0.4, -0.2) is 69.6 Å². The van der Waals surface area contributed by atoms with E-state index in [0.717, 1.165) is 31.6 Å². The van der Waals surface area contributed by atoms with Crippen molar-refractivity contribution in [1.29, 1.82) is 0 Å². The van der Waals surface area contributed by atoms with Gasteiger partial charge in [-0.05, 0) is 80.1 Å². The number of aryl methyl sites for hydroxylation is 1. The standard InChI is InChI=1S/C27H34N4O2/c1-17(2)26-23-13-20(4-5-24(23)29-27(26)21-6-9-28-18(3)12-21)19-7-10-30(11-8-19)16-25(33)31-14-22(32)15-31/h4-6,9,12-13,17,19,22,29,32H,7-8,10-11,14-16H2,1-3H3. The van der Waals surface area contributed by atoms with E-state index in [9.17, 15) is 9.90 Å². The average Bonchev–Trinajstić information content (AvgIpc) is 3.16. The van der Waals surface area contributed by atoms with Gasteiger partial charge >= 0.3 is 0 Å². The van der Waals surface area contributed by atoms with Crippen molar-refractivity contribution in [2.75, 3.05) is 32.7 Å². The van der Waals surface area contributed by atoms with Gasteiger partial charge in [0.25, 0.3) is 0 Å². The monoisotopic (exact) mass is 446 g/mol. The predicted molar refractivity (Wildman–Crippen MR) is 131 cm³/mol. The number of piperidine rings is 1. The normalized spacial score (nSPS) is 18.3. The van der Waals surface area contributed by atoms with Gasteiger partial charge in [-0.1, -0.05) is 19.9 Å². The van der Waals surface area contributed by atoms with Crippen LogP contribution in [0.25, 0.3) is 22.2 Å². The number of aromatic amines is 1. The molecule has 6 nitrogen and oxygen atoms in total. The van der Waals surface area contributed by atoms with Gasteiger partial charge in [0.2, 0.25) is 5.91 Å². The van der Waals surface area contributed by atoms with Crippen LogP contribution in [0.2, 0.25) is 0 Å². The number of carbonyl (C=O) groups excluding carboxylic acids is 1. The lowest BCUT2D eigenvalue weighted by molar-refractivity contribution is -0.142. The molecule has 33 heavy (non-hydrogen) atoms. The Morgan fingerprint density at radius 2 is 1.94 bits per heavy atom. The SMILES string of the molecule is Cc1cc(-c2[nH]c3ccc(C4CCN(CC(=O)N5CC(O)C5)CC4)cc3c2C(C)C)ccn1. The molecule has 0 bridgehead atoms. The Bertz CT molecular complexity index is 1150. The first-order chi connectivity index (χ1) is 15.9. The molecule has 4 heterocycles. The molecule has 1 aromatic carbocycles. The number of rotatable bonds is 5. The van der Waals surface area contributed by atoms with E-state index in [1.165, 1.54) is 33.3 Å². The van der Waals surface area contributed by atoms with E-state index >= 15 is 0 Å². The molecule has 0 unspecified atom stereocenters. The van der Waals surface area contributed by atoms with Crippen LogP contribution in [0.4, 0.5) is 0 Å². The minimum atomic E-state index is -0.332. The number of fused-ring (bicyclic) bond motifs is 1. The maximum Gasteiger partial charge on any atom is 0.236 e. The third-order valence-electron chi connectivity index (χ3n) is 7.26. The molecule has 0 aliphatic carbocycles. The van der Waals surface area contributed by atoms with Gasteiger partial charge in [-0.15, -0.1) is 0 Å². The zero-order valence-electron chi connectivity index (χ0n) is 19.8. The Morgan fingerprint density at radius 3 is 2.61 bits per heavy atom. The third kappa shape index (κ3) is 4.42. The Hall–Kier alpha value is -2.70. The second-order valence-corrected chi connectivity index (χ2v) is 10.1. The fourth-order valence-corrected chi connectivity index (χ4v) is 5.39. The molecule has 1 amide bonds. The number of hydrogen-bond donors (Lipinski definition) is 2. The number of amides is 1. The van der Waals surface area contributed by atoms with E-state index in [0.29, 0.717) is 31.5 Å². The minimum Gasteiger partial charge on any atom is -0.389 e. The third-order valence-corrected chi connectivity index (χ3v) is 7.26. The molecular formula is C27H34N4O2. The van der Waals surface area contributed by atoms with Crippen molar-refractivity contribution in [2.24, 2.45) is 0 Å². The Labute approximate surface area is 195 Å². The first-order valence-corrected chi connectivity index (χ1v) is 12.2. The number of aliphatic hydroxyl groups is 1. The van der Waals surface area contributed by atoms with Crippen LogP contribution >= 0.6 is 0 Å². The van der Waals surface area contributed by atoms with Gasteiger partial charge in [-0.25, -0.2) is 0 Å². The molecule has 2 aromatic heterocycles. The van der Waals surface area contributed by atoms with Gasteiger partial charge in [-0.3, -0.25) is 14.7 Å². The fraction of sp³-hybridized carbons (Fsp3) is 0.481. The molecule has 0 saturated carbocycles. The van der Waals surface area contributed by atoms with Crippen LogP contribution in [0.3, 0.4) is 0 Å². The van der Waals surface area contributed by atoms with Gasteiger partial charge in [0, 0.05) is 41.4 Å². The van der Waals surface area contributed by atoms with Gasteiger partial charge in [0.15, 0.2) is 0 Å². The summed E-state index contributed by atoms with van der Waals surface area (Å²) in [6.45, 7) is 9.90. The number of pyridine rings is 1. The molecule has 0 spiro atoms. The molecule has 174 valence electrons. The number of H-pyrrole nitrogens is 1. The van der Waals surface area contributed by atoms with E-state index in [4.69, 9.17) is 0 Å². The van der Waals surface area contributed by atoms with Gasteiger partial charge in [0.1, 0.15) is 0 Å². The van der Waals surface area contributed by atoms with Crippen LogP contribution in [0.5, 0.6) is 0 Å². The summed E-state index contributed by atoms with van der Waals surface area (Å²) in [5, 5.41) is 10.7. The molecule has 5 rings (SSSR count). The molecule has 3 aromatic rings. The quantitative estimate of drug-likeness (QED) is 0.620. The fourth-order valence-electron chi connectivity index (χ4n) is 5.39. The Kier molecular flexibility index (Phi) is 5.97. The van der Waals surface area contributed by atoms with E-state index < -0.39 is 0 Å². The zero-order chi connectivity index (χ0) is 23.1. The summed E-state index contributed by atoms with van der Waals surface area (Å²) in [4.78, 5) is 24.4. The average molecular weight is 447 g/mol. The molecule has 2 fully saturated rings. The van der Waals surface area contributed by atoms with Crippen molar-refractivity contribution < 1.29 is 9.90 Å². The maximum absolute atomic E-state index is 12.3. The van der Waals surface area contributed by atoms with Crippen LogP contribution < -0.4 is 0 Å². The highest BCUT2D eigenvalue weighted by Crippen LogP contribution is 2.38. The number of carbonyl (C=O) groups is 1. The smallest absolute Gasteiger partial charge is 0.236 e. The van der Waals surface area contributed by atoms with Crippen LogP contribution in [-0.2, 0) is 4.79 Å². The summed E-state index contributed by atoms with van der Waals surface area (Å²) < 4.78 is 0. The molecule has 0 radical (unpaired) electrons. The summed E-state index contributed by atoms with van der Waals surface area (Å²) in [6.07, 6.45) is 3.69. The largest absolute Gasteiger partial charge is 0.389 e. The number of likely N-dealkylation sites (tertiary alicyclic amines) is 2. The van der Waals surface area contributed by atoms with E-state index in [-0.39, 0.29) is 12.0 Å². The predicted octanol–water partition coefficient (Wildman–Crippen LogP) is 4.04. The van der Waals surface area contributed by atoms with E-state index in [1.54, 1.807) is 4.90 Å². The number of β-amino-alcohol motifs (C(OH)–C–C–N with tert-alkyl or cyclic N) is 1.